The van der Waals surface area contributed by atoms with E-state index in [1.54, 1.807) is 11.6 Å². The molecule has 2 rings (SSSR count). The molecule has 0 amide bonds. The number of piperidine rings is 1. The van der Waals surface area contributed by atoms with E-state index >= 15 is 0 Å². The summed E-state index contributed by atoms with van der Waals surface area (Å²) in [5.41, 5.74) is 0.702. The van der Waals surface area contributed by atoms with Crippen LogP contribution in [-0.4, -0.2) is 50.6 Å². The Morgan fingerprint density at radius 2 is 2.28 bits per heavy atom. The van der Waals surface area contributed by atoms with E-state index in [9.17, 15) is 4.79 Å². The number of nitrogens with zero attached hydrogens (tertiary/aromatic N) is 4. The number of rotatable bonds is 4. The lowest BCUT2D eigenvalue weighted by Gasteiger charge is -2.32. The zero-order valence-corrected chi connectivity index (χ0v) is 11.0. The molecule has 1 aromatic rings. The second-order valence-corrected chi connectivity index (χ2v) is 4.97. The molecule has 1 aliphatic heterocycles. The highest BCUT2D eigenvalue weighted by Gasteiger charge is 2.20. The van der Waals surface area contributed by atoms with Crippen LogP contribution in [0.3, 0.4) is 0 Å². The van der Waals surface area contributed by atoms with E-state index in [4.69, 9.17) is 5.11 Å². The molecule has 1 saturated heterocycles. The van der Waals surface area contributed by atoms with Crippen molar-refractivity contribution in [2.45, 2.75) is 45.2 Å². The van der Waals surface area contributed by atoms with Crippen molar-refractivity contribution in [2.75, 3.05) is 13.6 Å². The molecular formula is C12H20N4O2. The van der Waals surface area contributed by atoms with Crippen LogP contribution in [0.25, 0.3) is 0 Å². The lowest BCUT2D eigenvalue weighted by Crippen LogP contribution is -2.36. The number of carbonyl (C=O) groups is 1. The second-order valence-electron chi connectivity index (χ2n) is 4.97. The average molecular weight is 252 g/mol. The van der Waals surface area contributed by atoms with Crippen LogP contribution in [0.2, 0.25) is 0 Å². The molecule has 1 atom stereocenters. The van der Waals surface area contributed by atoms with Crippen molar-refractivity contribution < 1.29 is 9.90 Å². The minimum Gasteiger partial charge on any atom is -0.476 e. The first-order valence-electron chi connectivity index (χ1n) is 6.43. The SMILES string of the molecule is Cc1c(C(=O)O)nnn1CCC1CCCCN1C. The largest absolute Gasteiger partial charge is 0.476 e. The van der Waals surface area contributed by atoms with Gasteiger partial charge in [0.25, 0.3) is 0 Å². The molecule has 0 radical (unpaired) electrons. The highest BCUT2D eigenvalue weighted by Crippen LogP contribution is 2.18. The predicted molar refractivity (Wildman–Crippen MR) is 66.6 cm³/mol. The second kappa shape index (κ2) is 5.48. The van der Waals surface area contributed by atoms with Gasteiger partial charge in [0.05, 0.1) is 5.69 Å². The zero-order chi connectivity index (χ0) is 13.1. The van der Waals surface area contributed by atoms with Gasteiger partial charge in [-0.2, -0.15) is 0 Å². The van der Waals surface area contributed by atoms with Gasteiger partial charge < -0.3 is 10.0 Å². The molecule has 0 spiro atoms. The van der Waals surface area contributed by atoms with Gasteiger partial charge in [0, 0.05) is 12.6 Å². The quantitative estimate of drug-likeness (QED) is 0.870. The third-order valence-corrected chi connectivity index (χ3v) is 3.78. The van der Waals surface area contributed by atoms with Crippen LogP contribution >= 0.6 is 0 Å². The van der Waals surface area contributed by atoms with Gasteiger partial charge in [-0.1, -0.05) is 11.6 Å². The molecule has 1 N–H and O–H groups in total. The maximum atomic E-state index is 10.9. The molecule has 2 heterocycles. The van der Waals surface area contributed by atoms with Crippen LogP contribution < -0.4 is 0 Å². The normalized spacial score (nSPS) is 21.1. The molecule has 0 aliphatic carbocycles. The molecule has 18 heavy (non-hydrogen) atoms. The first kappa shape index (κ1) is 13.0. The van der Waals surface area contributed by atoms with E-state index < -0.39 is 5.97 Å². The van der Waals surface area contributed by atoms with Crippen molar-refractivity contribution >= 4 is 5.97 Å². The summed E-state index contributed by atoms with van der Waals surface area (Å²) in [6.45, 7) is 3.65. The van der Waals surface area contributed by atoms with E-state index in [0.29, 0.717) is 11.7 Å². The summed E-state index contributed by atoms with van der Waals surface area (Å²) in [5, 5.41) is 16.5. The number of hydrogen-bond donors (Lipinski definition) is 1. The molecular weight excluding hydrogens is 232 g/mol. The van der Waals surface area contributed by atoms with Crippen LogP contribution in [0.15, 0.2) is 0 Å². The Morgan fingerprint density at radius 1 is 1.50 bits per heavy atom. The highest BCUT2D eigenvalue weighted by atomic mass is 16.4. The number of hydrogen-bond acceptors (Lipinski definition) is 4. The van der Waals surface area contributed by atoms with E-state index in [0.717, 1.165) is 19.5 Å². The summed E-state index contributed by atoms with van der Waals surface area (Å²) in [4.78, 5) is 13.3. The van der Waals surface area contributed by atoms with Crippen LogP contribution in [0.1, 0.15) is 41.9 Å². The number of carboxylic acid groups (broad SMARTS) is 1. The highest BCUT2D eigenvalue weighted by molar-refractivity contribution is 5.86. The number of aryl methyl sites for hydroxylation is 1. The first-order valence-corrected chi connectivity index (χ1v) is 6.43. The van der Waals surface area contributed by atoms with Crippen LogP contribution in [0, 0.1) is 6.92 Å². The monoisotopic (exact) mass is 252 g/mol. The molecule has 6 heteroatoms. The molecule has 100 valence electrons. The van der Waals surface area contributed by atoms with Gasteiger partial charge in [0.15, 0.2) is 5.69 Å². The maximum Gasteiger partial charge on any atom is 0.358 e. The number of aromatic nitrogens is 3. The number of aromatic carboxylic acids is 1. The molecule has 0 aromatic carbocycles. The third-order valence-electron chi connectivity index (χ3n) is 3.78. The molecule has 6 nitrogen and oxygen atoms in total. The maximum absolute atomic E-state index is 10.9. The summed E-state index contributed by atoms with van der Waals surface area (Å²) >= 11 is 0. The summed E-state index contributed by atoms with van der Waals surface area (Å²) in [6.07, 6.45) is 4.78. The summed E-state index contributed by atoms with van der Waals surface area (Å²) < 4.78 is 1.70. The lowest BCUT2D eigenvalue weighted by molar-refractivity contribution is 0.0689. The van der Waals surface area contributed by atoms with Crippen LogP contribution in [0.4, 0.5) is 0 Å². The Morgan fingerprint density at radius 3 is 2.89 bits per heavy atom. The fourth-order valence-electron chi connectivity index (χ4n) is 2.55. The minimum atomic E-state index is -1.01. The van der Waals surface area contributed by atoms with E-state index in [1.165, 1.54) is 19.3 Å². The molecule has 1 aliphatic rings. The van der Waals surface area contributed by atoms with Crippen molar-refractivity contribution in [2.24, 2.45) is 0 Å². The first-order chi connectivity index (χ1) is 8.59. The Kier molecular flexibility index (Phi) is 3.96. The Labute approximate surface area is 107 Å². The minimum absolute atomic E-state index is 0.0620. The lowest BCUT2D eigenvalue weighted by atomic mass is 10.0. The topological polar surface area (TPSA) is 71.2 Å². The fourth-order valence-corrected chi connectivity index (χ4v) is 2.55. The van der Waals surface area contributed by atoms with E-state index in [2.05, 4.69) is 22.3 Å². The summed E-state index contributed by atoms with van der Waals surface area (Å²) in [5.74, 6) is -1.01. The van der Waals surface area contributed by atoms with Gasteiger partial charge in [-0.25, -0.2) is 9.48 Å². The zero-order valence-electron chi connectivity index (χ0n) is 11.0. The van der Waals surface area contributed by atoms with E-state index in [1.807, 2.05) is 0 Å². The Bertz CT molecular complexity index is 430. The van der Waals surface area contributed by atoms with Gasteiger partial charge in [0.1, 0.15) is 0 Å². The van der Waals surface area contributed by atoms with Crippen molar-refractivity contribution in [3.8, 4) is 0 Å². The van der Waals surface area contributed by atoms with Crippen LogP contribution in [0.5, 0.6) is 0 Å². The average Bonchev–Trinajstić information content (AvgIpc) is 2.70. The van der Waals surface area contributed by atoms with Crippen molar-refractivity contribution in [1.82, 2.24) is 19.9 Å². The Balaban J connectivity index is 1.95. The number of likely N-dealkylation sites (tertiary alicyclic amines) is 1. The van der Waals surface area contributed by atoms with Gasteiger partial charge in [0.2, 0.25) is 0 Å². The van der Waals surface area contributed by atoms with Gasteiger partial charge in [-0.15, -0.1) is 5.10 Å². The molecule has 0 saturated carbocycles. The molecule has 1 fully saturated rings. The fraction of sp³-hybridized carbons (Fsp3) is 0.750. The number of carboxylic acids is 1. The van der Waals surface area contributed by atoms with Gasteiger partial charge >= 0.3 is 5.97 Å². The standard InChI is InChI=1S/C12H20N4O2/c1-9-11(12(17)18)13-14-16(9)8-6-10-5-3-4-7-15(10)2/h10H,3-8H2,1-2H3,(H,17,18). The van der Waals surface area contributed by atoms with Crippen LogP contribution in [-0.2, 0) is 6.54 Å². The van der Waals surface area contributed by atoms with Gasteiger partial charge in [-0.05, 0) is 39.8 Å². The van der Waals surface area contributed by atoms with Gasteiger partial charge in [-0.3, -0.25) is 0 Å². The molecule has 1 unspecified atom stereocenters. The van der Waals surface area contributed by atoms with Crippen molar-refractivity contribution in [3.63, 3.8) is 0 Å². The Hall–Kier alpha value is -1.43. The van der Waals surface area contributed by atoms with E-state index in [-0.39, 0.29) is 5.69 Å². The van der Waals surface area contributed by atoms with Crippen molar-refractivity contribution in [3.05, 3.63) is 11.4 Å². The smallest absolute Gasteiger partial charge is 0.358 e. The predicted octanol–water partition coefficient (Wildman–Crippen LogP) is 1.16. The summed E-state index contributed by atoms with van der Waals surface area (Å²) in [7, 11) is 2.15. The third kappa shape index (κ3) is 2.69. The molecule has 1 aromatic heterocycles. The van der Waals surface area contributed by atoms with Crippen molar-refractivity contribution in [1.29, 1.82) is 0 Å². The summed E-state index contributed by atoms with van der Waals surface area (Å²) in [6, 6.07) is 0.579. The molecule has 0 bridgehead atoms.